The molecule has 0 bridgehead atoms. The maximum absolute atomic E-state index is 12.2. The minimum absolute atomic E-state index is 0.141. The number of nitrogens with one attached hydrogen (secondary N) is 2. The molecule has 1 aromatic heterocycles. The highest BCUT2D eigenvalue weighted by atomic mass is 16.3. The molecular formula is C14H19N5O2. The van der Waals surface area contributed by atoms with Gasteiger partial charge in [-0.1, -0.05) is 25.5 Å². The molecule has 112 valence electrons. The average molecular weight is 289 g/mol. The Morgan fingerprint density at radius 2 is 2.33 bits per heavy atom. The normalized spacial score (nSPS) is 12.1. The van der Waals surface area contributed by atoms with Gasteiger partial charge in [0, 0.05) is 24.3 Å². The van der Waals surface area contributed by atoms with Crippen LogP contribution < -0.4 is 5.32 Å². The Bertz CT molecular complexity index is 571. The number of aliphatic hydroxyl groups is 1. The predicted octanol–water partition coefficient (Wildman–Crippen LogP) is 1.01. The van der Waals surface area contributed by atoms with E-state index in [0.717, 1.165) is 12.0 Å². The third-order valence-electron chi connectivity index (χ3n) is 3.39. The van der Waals surface area contributed by atoms with Gasteiger partial charge in [-0.15, -0.1) is 10.2 Å². The summed E-state index contributed by atoms with van der Waals surface area (Å²) in [7, 11) is 0. The average Bonchev–Trinajstić information content (AvgIpc) is 3.05. The molecule has 0 radical (unpaired) electrons. The Hall–Kier alpha value is -2.28. The lowest BCUT2D eigenvalue weighted by molar-refractivity contribution is 0.0943. The molecule has 0 spiro atoms. The van der Waals surface area contributed by atoms with Crippen molar-refractivity contribution in [1.29, 1.82) is 0 Å². The van der Waals surface area contributed by atoms with Crippen molar-refractivity contribution in [1.82, 2.24) is 25.9 Å². The fourth-order valence-corrected chi connectivity index (χ4v) is 2.06. The van der Waals surface area contributed by atoms with E-state index in [1.165, 1.54) is 0 Å². The minimum Gasteiger partial charge on any atom is -0.396 e. The topological polar surface area (TPSA) is 104 Å². The Labute approximate surface area is 122 Å². The van der Waals surface area contributed by atoms with Crippen LogP contribution in [0.1, 0.15) is 30.1 Å². The second kappa shape index (κ2) is 7.49. The number of amides is 1. The van der Waals surface area contributed by atoms with E-state index in [9.17, 15) is 4.79 Å². The van der Waals surface area contributed by atoms with Gasteiger partial charge in [0.25, 0.3) is 5.91 Å². The Morgan fingerprint density at radius 3 is 3.00 bits per heavy atom. The third-order valence-corrected chi connectivity index (χ3v) is 3.39. The van der Waals surface area contributed by atoms with Crippen molar-refractivity contribution in [2.24, 2.45) is 5.92 Å². The lowest BCUT2D eigenvalue weighted by atomic mass is 10.0. The van der Waals surface area contributed by atoms with Crippen LogP contribution in [0.5, 0.6) is 0 Å². The van der Waals surface area contributed by atoms with Crippen molar-refractivity contribution in [3.63, 3.8) is 0 Å². The summed E-state index contributed by atoms with van der Waals surface area (Å²) in [6, 6.07) is 7.08. The number of aromatic amines is 1. The summed E-state index contributed by atoms with van der Waals surface area (Å²) >= 11 is 0. The van der Waals surface area contributed by atoms with Crippen LogP contribution in [0.25, 0.3) is 11.4 Å². The Morgan fingerprint density at radius 1 is 1.48 bits per heavy atom. The number of aromatic nitrogens is 4. The van der Waals surface area contributed by atoms with E-state index in [1.807, 2.05) is 13.0 Å². The summed E-state index contributed by atoms with van der Waals surface area (Å²) in [6.07, 6.45) is 1.61. The zero-order chi connectivity index (χ0) is 15.1. The van der Waals surface area contributed by atoms with Gasteiger partial charge in [0.1, 0.15) is 0 Å². The number of H-pyrrole nitrogens is 1. The molecule has 0 aliphatic heterocycles. The van der Waals surface area contributed by atoms with E-state index in [1.54, 1.807) is 18.2 Å². The minimum atomic E-state index is -0.142. The summed E-state index contributed by atoms with van der Waals surface area (Å²) < 4.78 is 0. The number of benzene rings is 1. The standard InChI is InChI=1S/C14H19N5O2/c1-2-10(6-7-20)9-15-14(21)12-5-3-4-11(8-12)13-16-18-19-17-13/h3-5,8,10,20H,2,6-7,9H2,1H3,(H,15,21)(H,16,17,18,19). The number of hydrogen-bond acceptors (Lipinski definition) is 5. The van der Waals surface area contributed by atoms with Crippen LogP contribution in [-0.2, 0) is 0 Å². The summed E-state index contributed by atoms with van der Waals surface area (Å²) in [5.74, 6) is 0.604. The number of aliphatic hydroxyl groups excluding tert-OH is 1. The molecule has 1 unspecified atom stereocenters. The molecule has 0 saturated carbocycles. The molecule has 2 rings (SSSR count). The molecule has 7 nitrogen and oxygen atoms in total. The van der Waals surface area contributed by atoms with E-state index in [4.69, 9.17) is 5.11 Å². The van der Waals surface area contributed by atoms with Crippen molar-refractivity contribution >= 4 is 5.91 Å². The Balaban J connectivity index is 2.01. The van der Waals surface area contributed by atoms with Crippen molar-refractivity contribution < 1.29 is 9.90 Å². The number of nitrogens with zero attached hydrogens (tertiary/aromatic N) is 3. The Kier molecular flexibility index (Phi) is 5.39. The number of carbonyl (C=O) groups is 1. The highest BCUT2D eigenvalue weighted by Crippen LogP contribution is 2.15. The smallest absolute Gasteiger partial charge is 0.251 e. The van der Waals surface area contributed by atoms with Gasteiger partial charge in [-0.2, -0.15) is 5.21 Å². The van der Waals surface area contributed by atoms with Gasteiger partial charge in [0.05, 0.1) is 0 Å². The zero-order valence-corrected chi connectivity index (χ0v) is 11.9. The van der Waals surface area contributed by atoms with E-state index in [2.05, 4.69) is 25.9 Å². The van der Waals surface area contributed by atoms with Gasteiger partial charge in [-0.25, -0.2) is 0 Å². The fraction of sp³-hybridized carbons (Fsp3) is 0.429. The van der Waals surface area contributed by atoms with Crippen LogP contribution in [0, 0.1) is 5.92 Å². The van der Waals surface area contributed by atoms with Crippen LogP contribution in [0.4, 0.5) is 0 Å². The quantitative estimate of drug-likeness (QED) is 0.705. The zero-order valence-electron chi connectivity index (χ0n) is 11.9. The summed E-state index contributed by atoms with van der Waals surface area (Å²) in [4.78, 5) is 12.2. The van der Waals surface area contributed by atoms with Crippen LogP contribution in [0.3, 0.4) is 0 Å². The van der Waals surface area contributed by atoms with E-state index in [0.29, 0.717) is 30.3 Å². The fourth-order valence-electron chi connectivity index (χ4n) is 2.06. The van der Waals surface area contributed by atoms with Gasteiger partial charge in [0.2, 0.25) is 5.82 Å². The van der Waals surface area contributed by atoms with Crippen molar-refractivity contribution in [3.8, 4) is 11.4 Å². The second-order valence-corrected chi connectivity index (χ2v) is 4.81. The molecule has 0 saturated heterocycles. The molecule has 1 heterocycles. The molecule has 0 aliphatic carbocycles. The third kappa shape index (κ3) is 4.09. The number of rotatable bonds is 7. The highest BCUT2D eigenvalue weighted by Gasteiger charge is 2.11. The van der Waals surface area contributed by atoms with E-state index >= 15 is 0 Å². The van der Waals surface area contributed by atoms with Crippen LogP contribution >= 0.6 is 0 Å². The molecule has 1 amide bonds. The molecule has 1 atom stereocenters. The largest absolute Gasteiger partial charge is 0.396 e. The van der Waals surface area contributed by atoms with Crippen LogP contribution in [0.15, 0.2) is 24.3 Å². The van der Waals surface area contributed by atoms with E-state index in [-0.39, 0.29) is 12.5 Å². The maximum atomic E-state index is 12.2. The molecule has 1 aromatic carbocycles. The lowest BCUT2D eigenvalue weighted by Crippen LogP contribution is -2.29. The van der Waals surface area contributed by atoms with Gasteiger partial charge >= 0.3 is 0 Å². The molecule has 0 fully saturated rings. The van der Waals surface area contributed by atoms with Crippen molar-refractivity contribution in [2.45, 2.75) is 19.8 Å². The summed E-state index contributed by atoms with van der Waals surface area (Å²) in [5.41, 5.74) is 1.29. The predicted molar refractivity (Wildman–Crippen MR) is 77.4 cm³/mol. The first-order valence-corrected chi connectivity index (χ1v) is 6.97. The van der Waals surface area contributed by atoms with Crippen molar-refractivity contribution in [3.05, 3.63) is 29.8 Å². The van der Waals surface area contributed by atoms with Gasteiger partial charge in [0.15, 0.2) is 0 Å². The molecule has 7 heteroatoms. The maximum Gasteiger partial charge on any atom is 0.251 e. The van der Waals surface area contributed by atoms with Crippen LogP contribution in [-0.4, -0.2) is 44.8 Å². The number of tetrazole rings is 1. The molecule has 21 heavy (non-hydrogen) atoms. The molecule has 2 aromatic rings. The van der Waals surface area contributed by atoms with Gasteiger partial charge in [-0.05, 0) is 29.7 Å². The van der Waals surface area contributed by atoms with Crippen molar-refractivity contribution in [2.75, 3.05) is 13.2 Å². The first kappa shape index (κ1) is 15.1. The van der Waals surface area contributed by atoms with Crippen LogP contribution in [0.2, 0.25) is 0 Å². The summed E-state index contributed by atoms with van der Waals surface area (Å²) in [5, 5.41) is 25.5. The van der Waals surface area contributed by atoms with E-state index < -0.39 is 0 Å². The summed E-state index contributed by atoms with van der Waals surface area (Å²) in [6.45, 7) is 2.74. The second-order valence-electron chi connectivity index (χ2n) is 4.81. The van der Waals surface area contributed by atoms with Gasteiger partial charge in [-0.3, -0.25) is 4.79 Å². The molecule has 3 N–H and O–H groups in total. The molecule has 0 aliphatic rings. The number of hydrogen-bond donors (Lipinski definition) is 3. The number of carbonyl (C=O) groups excluding carboxylic acids is 1. The SMILES string of the molecule is CCC(CCO)CNC(=O)c1cccc(-c2nn[nH]n2)c1. The monoisotopic (exact) mass is 289 g/mol. The first-order chi connectivity index (χ1) is 10.2. The first-order valence-electron chi connectivity index (χ1n) is 6.97. The van der Waals surface area contributed by atoms with Gasteiger partial charge < -0.3 is 10.4 Å². The highest BCUT2D eigenvalue weighted by molar-refractivity contribution is 5.95. The molecular weight excluding hydrogens is 270 g/mol. The lowest BCUT2D eigenvalue weighted by Gasteiger charge is -2.14.